The SMILES string of the molecule is CON/C=C\Cn1cn[nH]c(=O)c1=O. The molecule has 1 aromatic rings. The number of aromatic amines is 1. The molecule has 0 unspecified atom stereocenters. The van der Waals surface area contributed by atoms with E-state index in [1.807, 2.05) is 5.10 Å². The van der Waals surface area contributed by atoms with Crippen LogP contribution in [0.25, 0.3) is 0 Å². The molecule has 0 fully saturated rings. The monoisotopic (exact) mass is 198 g/mol. The highest BCUT2D eigenvalue weighted by atomic mass is 16.6. The van der Waals surface area contributed by atoms with Crippen LogP contribution in [0.1, 0.15) is 0 Å². The van der Waals surface area contributed by atoms with Gasteiger partial charge in [-0.2, -0.15) is 5.10 Å². The largest absolute Gasteiger partial charge is 0.330 e. The van der Waals surface area contributed by atoms with E-state index in [2.05, 4.69) is 15.4 Å². The van der Waals surface area contributed by atoms with Crippen LogP contribution in [-0.4, -0.2) is 21.9 Å². The predicted octanol–water partition coefficient (Wildman–Crippen LogP) is -1.40. The Morgan fingerprint density at radius 1 is 1.71 bits per heavy atom. The fourth-order valence-corrected chi connectivity index (χ4v) is 0.800. The highest BCUT2D eigenvalue weighted by Gasteiger charge is 1.96. The second-order valence-corrected chi connectivity index (χ2v) is 2.37. The molecule has 7 heteroatoms. The van der Waals surface area contributed by atoms with Crippen molar-refractivity contribution in [2.45, 2.75) is 6.54 Å². The van der Waals surface area contributed by atoms with Crippen LogP contribution in [0.4, 0.5) is 0 Å². The lowest BCUT2D eigenvalue weighted by Crippen LogP contribution is -2.36. The molecule has 0 saturated heterocycles. The summed E-state index contributed by atoms with van der Waals surface area (Å²) in [6.45, 7) is 0.256. The first kappa shape index (κ1) is 10.2. The Morgan fingerprint density at radius 3 is 3.21 bits per heavy atom. The van der Waals surface area contributed by atoms with Crippen molar-refractivity contribution in [3.8, 4) is 0 Å². The van der Waals surface area contributed by atoms with Gasteiger partial charge in [-0.15, -0.1) is 0 Å². The second-order valence-electron chi connectivity index (χ2n) is 2.37. The third kappa shape index (κ3) is 2.56. The Labute approximate surface area is 79.0 Å². The van der Waals surface area contributed by atoms with Gasteiger partial charge in [-0.3, -0.25) is 24.5 Å². The van der Waals surface area contributed by atoms with E-state index in [0.29, 0.717) is 0 Å². The van der Waals surface area contributed by atoms with Crippen molar-refractivity contribution in [2.24, 2.45) is 0 Å². The number of hydrogen-bond donors (Lipinski definition) is 2. The van der Waals surface area contributed by atoms with Crippen molar-refractivity contribution < 1.29 is 4.84 Å². The van der Waals surface area contributed by atoms with E-state index in [4.69, 9.17) is 0 Å². The van der Waals surface area contributed by atoms with Gasteiger partial charge in [0.15, 0.2) is 0 Å². The zero-order valence-electron chi connectivity index (χ0n) is 7.56. The summed E-state index contributed by atoms with van der Waals surface area (Å²) >= 11 is 0. The fraction of sp³-hybridized carbons (Fsp3) is 0.286. The van der Waals surface area contributed by atoms with Gasteiger partial charge >= 0.3 is 11.1 Å². The molecule has 2 N–H and O–H groups in total. The van der Waals surface area contributed by atoms with Crippen LogP contribution in [0.3, 0.4) is 0 Å². The summed E-state index contributed by atoms with van der Waals surface area (Å²) in [6, 6.07) is 0. The summed E-state index contributed by atoms with van der Waals surface area (Å²) in [5, 5.41) is 5.52. The lowest BCUT2D eigenvalue weighted by Gasteiger charge is -1.98. The maximum atomic E-state index is 11.1. The van der Waals surface area contributed by atoms with Gasteiger partial charge in [-0.25, -0.2) is 5.10 Å². The molecule has 0 aliphatic rings. The van der Waals surface area contributed by atoms with Crippen molar-refractivity contribution in [1.82, 2.24) is 20.2 Å². The highest BCUT2D eigenvalue weighted by molar-refractivity contribution is 4.82. The molecule has 0 spiro atoms. The van der Waals surface area contributed by atoms with Gasteiger partial charge in [0.1, 0.15) is 6.33 Å². The highest BCUT2D eigenvalue weighted by Crippen LogP contribution is 1.76. The number of hydrogen-bond acceptors (Lipinski definition) is 5. The maximum absolute atomic E-state index is 11.1. The summed E-state index contributed by atoms with van der Waals surface area (Å²) in [5.41, 5.74) is 1.08. The van der Waals surface area contributed by atoms with Gasteiger partial charge in [0.2, 0.25) is 0 Å². The molecule has 7 nitrogen and oxygen atoms in total. The summed E-state index contributed by atoms with van der Waals surface area (Å²) < 4.78 is 1.17. The number of aromatic nitrogens is 3. The molecular weight excluding hydrogens is 188 g/mol. The van der Waals surface area contributed by atoms with Gasteiger partial charge in [-0.05, 0) is 6.08 Å². The van der Waals surface area contributed by atoms with Gasteiger partial charge in [0.25, 0.3) is 0 Å². The van der Waals surface area contributed by atoms with Crippen molar-refractivity contribution in [2.75, 3.05) is 7.11 Å². The molecular formula is C7H10N4O3. The average Bonchev–Trinajstić information content (AvgIpc) is 2.19. The molecule has 0 amide bonds. The minimum Gasteiger partial charge on any atom is -0.289 e. The van der Waals surface area contributed by atoms with E-state index in [9.17, 15) is 9.59 Å². The first-order valence-electron chi connectivity index (χ1n) is 3.83. The van der Waals surface area contributed by atoms with Crippen molar-refractivity contribution >= 4 is 0 Å². The van der Waals surface area contributed by atoms with E-state index in [1.54, 1.807) is 6.08 Å². The maximum Gasteiger partial charge on any atom is 0.330 e. The minimum absolute atomic E-state index is 0.256. The second kappa shape index (κ2) is 4.97. The summed E-state index contributed by atoms with van der Waals surface area (Å²) in [6.07, 6.45) is 4.38. The van der Waals surface area contributed by atoms with Crippen LogP contribution in [0.2, 0.25) is 0 Å². The van der Waals surface area contributed by atoms with Gasteiger partial charge in [0, 0.05) is 12.7 Å². The molecule has 0 radical (unpaired) electrons. The van der Waals surface area contributed by atoms with E-state index >= 15 is 0 Å². The Bertz CT molecular complexity index is 419. The fourth-order valence-electron chi connectivity index (χ4n) is 0.800. The predicted molar refractivity (Wildman–Crippen MR) is 48.4 cm³/mol. The lowest BCUT2D eigenvalue weighted by atomic mass is 10.6. The molecule has 1 heterocycles. The third-order valence-corrected chi connectivity index (χ3v) is 1.42. The van der Waals surface area contributed by atoms with Crippen LogP contribution in [0.5, 0.6) is 0 Å². The summed E-state index contributed by atoms with van der Waals surface area (Å²) in [7, 11) is 1.46. The normalized spacial score (nSPS) is 10.6. The van der Waals surface area contributed by atoms with Crippen molar-refractivity contribution in [3.63, 3.8) is 0 Å². The smallest absolute Gasteiger partial charge is 0.289 e. The summed E-state index contributed by atoms with van der Waals surface area (Å²) in [5.74, 6) is 0. The van der Waals surface area contributed by atoms with E-state index in [-0.39, 0.29) is 6.54 Å². The molecule has 0 bridgehead atoms. The Hall–Kier alpha value is -1.89. The molecule has 0 saturated carbocycles. The Morgan fingerprint density at radius 2 is 2.50 bits per heavy atom. The molecule has 0 aliphatic heterocycles. The molecule has 0 atom stereocenters. The van der Waals surface area contributed by atoms with Crippen molar-refractivity contribution in [1.29, 1.82) is 0 Å². The summed E-state index contributed by atoms with van der Waals surface area (Å²) in [4.78, 5) is 26.5. The number of hydroxylamine groups is 1. The number of rotatable bonds is 4. The quantitative estimate of drug-likeness (QED) is 0.458. The van der Waals surface area contributed by atoms with E-state index < -0.39 is 11.1 Å². The third-order valence-electron chi connectivity index (χ3n) is 1.42. The average molecular weight is 198 g/mol. The Kier molecular flexibility index (Phi) is 3.62. The molecule has 0 aromatic carbocycles. The number of nitrogens with one attached hydrogen (secondary N) is 2. The number of nitrogens with zero attached hydrogens (tertiary/aromatic N) is 2. The zero-order chi connectivity index (χ0) is 10.4. The van der Waals surface area contributed by atoms with Crippen LogP contribution >= 0.6 is 0 Å². The molecule has 1 aromatic heterocycles. The standard InChI is InChI=1S/C7H10N4O3/c1-14-9-3-2-4-11-5-8-10-6(12)7(11)13/h2-3,5,9H,4H2,1H3,(H,10,12)/b3-2-. The lowest BCUT2D eigenvalue weighted by molar-refractivity contribution is 0.128. The van der Waals surface area contributed by atoms with Crippen LogP contribution in [-0.2, 0) is 11.4 Å². The Balaban J connectivity index is 2.73. The van der Waals surface area contributed by atoms with Crippen LogP contribution in [0, 0.1) is 0 Å². The first-order valence-corrected chi connectivity index (χ1v) is 3.83. The topological polar surface area (TPSA) is 89.0 Å². The van der Waals surface area contributed by atoms with Crippen LogP contribution in [0.15, 0.2) is 28.2 Å². The first-order chi connectivity index (χ1) is 6.75. The van der Waals surface area contributed by atoms with Gasteiger partial charge < -0.3 is 0 Å². The molecule has 0 aliphatic carbocycles. The minimum atomic E-state index is -0.736. The van der Waals surface area contributed by atoms with E-state index in [1.165, 1.54) is 24.2 Å². The number of H-pyrrole nitrogens is 1. The van der Waals surface area contributed by atoms with E-state index in [0.717, 1.165) is 0 Å². The molecule has 1 rings (SSSR count). The molecule has 76 valence electrons. The van der Waals surface area contributed by atoms with Gasteiger partial charge in [-0.1, -0.05) is 0 Å². The number of allylic oxidation sites excluding steroid dienone is 1. The van der Waals surface area contributed by atoms with Crippen LogP contribution < -0.4 is 16.6 Å². The van der Waals surface area contributed by atoms with Crippen molar-refractivity contribution in [3.05, 3.63) is 39.3 Å². The zero-order valence-corrected chi connectivity index (χ0v) is 7.56. The molecule has 14 heavy (non-hydrogen) atoms. The van der Waals surface area contributed by atoms with Gasteiger partial charge in [0.05, 0.1) is 7.11 Å².